The van der Waals surface area contributed by atoms with Crippen LogP contribution in [0, 0.1) is 0 Å². The molecule has 0 aromatic heterocycles. The van der Waals surface area contributed by atoms with E-state index in [9.17, 15) is 5.11 Å². The summed E-state index contributed by atoms with van der Waals surface area (Å²) >= 11 is 6.03. The molecule has 3 rings (SSSR count). The molecule has 2 fully saturated rings. The van der Waals surface area contributed by atoms with Crippen molar-refractivity contribution in [1.29, 1.82) is 0 Å². The highest BCUT2D eigenvalue weighted by molar-refractivity contribution is 6.30. The number of halogens is 1. The summed E-state index contributed by atoms with van der Waals surface area (Å²) in [6, 6.07) is 8.15. The van der Waals surface area contributed by atoms with E-state index in [1.54, 1.807) is 0 Å². The molecule has 28 heavy (non-hydrogen) atoms. The van der Waals surface area contributed by atoms with Gasteiger partial charge in [-0.1, -0.05) is 23.7 Å². The molecule has 1 saturated carbocycles. The zero-order valence-corrected chi connectivity index (χ0v) is 17.8. The molecule has 1 aromatic rings. The Kier molecular flexibility index (Phi) is 7.20. The molecule has 1 heterocycles. The number of hydrogen-bond acceptors (Lipinski definition) is 4. The van der Waals surface area contributed by atoms with Gasteiger partial charge >= 0.3 is 0 Å². The Labute approximate surface area is 173 Å². The van der Waals surface area contributed by atoms with Gasteiger partial charge in [0.25, 0.3) is 0 Å². The van der Waals surface area contributed by atoms with Crippen molar-refractivity contribution < 1.29 is 9.84 Å². The van der Waals surface area contributed by atoms with E-state index in [0.717, 1.165) is 63.2 Å². The van der Waals surface area contributed by atoms with Crippen LogP contribution in [0.2, 0.25) is 5.02 Å². The maximum absolute atomic E-state index is 10.8. The third-order valence-corrected chi connectivity index (χ3v) is 5.75. The number of aliphatic hydroxyl groups is 1. The molecular formula is C21H33ClN4O2. The normalized spacial score (nSPS) is 21.8. The fourth-order valence-corrected chi connectivity index (χ4v) is 3.78. The number of ether oxygens (including phenoxy) is 1. The van der Waals surface area contributed by atoms with Crippen molar-refractivity contribution >= 4 is 17.6 Å². The molecule has 156 valence electrons. The molecular weight excluding hydrogens is 376 g/mol. The van der Waals surface area contributed by atoms with Gasteiger partial charge < -0.3 is 20.5 Å². The van der Waals surface area contributed by atoms with Crippen LogP contribution in [0.3, 0.4) is 0 Å². The minimum Gasteiger partial charge on any atom is -0.387 e. The minimum absolute atomic E-state index is 0.164. The number of aliphatic imine (C=N–C) groups is 1. The van der Waals surface area contributed by atoms with Gasteiger partial charge in [-0.05, 0) is 44.4 Å². The summed E-state index contributed by atoms with van der Waals surface area (Å²) in [5, 5.41) is 18.3. The van der Waals surface area contributed by atoms with Gasteiger partial charge in [-0.2, -0.15) is 0 Å². The van der Waals surface area contributed by atoms with Crippen molar-refractivity contribution in [2.75, 3.05) is 52.5 Å². The first kappa shape index (κ1) is 21.4. The molecule has 0 amide bonds. The van der Waals surface area contributed by atoms with Crippen LogP contribution in [0.4, 0.5) is 0 Å². The molecule has 1 aliphatic carbocycles. The predicted octanol–water partition coefficient (Wildman–Crippen LogP) is 2.01. The van der Waals surface area contributed by atoms with Gasteiger partial charge in [-0.3, -0.25) is 9.89 Å². The quantitative estimate of drug-likeness (QED) is 0.453. The number of morpholine rings is 1. The monoisotopic (exact) mass is 408 g/mol. The number of rotatable bonds is 8. The van der Waals surface area contributed by atoms with Crippen LogP contribution < -0.4 is 10.6 Å². The van der Waals surface area contributed by atoms with Crippen LogP contribution in [0.15, 0.2) is 29.3 Å². The lowest BCUT2D eigenvalue weighted by Gasteiger charge is -2.33. The van der Waals surface area contributed by atoms with Gasteiger partial charge in [0.1, 0.15) is 0 Å². The maximum Gasteiger partial charge on any atom is 0.191 e. The summed E-state index contributed by atoms with van der Waals surface area (Å²) in [6.07, 6.45) is 2.32. The number of hydrogen-bond donors (Lipinski definition) is 3. The molecule has 1 saturated heterocycles. The van der Waals surface area contributed by atoms with Gasteiger partial charge in [0, 0.05) is 43.2 Å². The van der Waals surface area contributed by atoms with Crippen molar-refractivity contribution in [1.82, 2.24) is 15.5 Å². The van der Waals surface area contributed by atoms with E-state index in [1.165, 1.54) is 5.56 Å². The first-order chi connectivity index (χ1) is 13.4. The summed E-state index contributed by atoms with van der Waals surface area (Å²) in [5.41, 5.74) is 0.615. The molecule has 1 aromatic carbocycles. The number of nitrogens with zero attached hydrogens (tertiary/aromatic N) is 2. The zero-order chi connectivity index (χ0) is 20.0. The Hall–Kier alpha value is -1.34. The van der Waals surface area contributed by atoms with Crippen molar-refractivity contribution in [2.45, 2.75) is 37.7 Å². The molecule has 0 spiro atoms. The van der Waals surface area contributed by atoms with Crippen molar-refractivity contribution in [2.24, 2.45) is 4.99 Å². The van der Waals surface area contributed by atoms with Gasteiger partial charge in [0.2, 0.25) is 0 Å². The maximum atomic E-state index is 10.8. The number of β-amino-alcohol motifs (C(OH)–C–C–N with tert-alkyl or cyclic N) is 1. The third kappa shape index (κ3) is 6.08. The Morgan fingerprint density at radius 1 is 1.25 bits per heavy atom. The Morgan fingerprint density at radius 3 is 2.54 bits per heavy atom. The molecule has 3 N–H and O–H groups in total. The van der Waals surface area contributed by atoms with Gasteiger partial charge in [-0.25, -0.2) is 0 Å². The molecule has 1 atom stereocenters. The third-order valence-electron chi connectivity index (χ3n) is 5.49. The van der Waals surface area contributed by atoms with E-state index >= 15 is 0 Å². The van der Waals surface area contributed by atoms with Crippen LogP contribution in [-0.4, -0.2) is 74.0 Å². The smallest absolute Gasteiger partial charge is 0.191 e. The largest absolute Gasteiger partial charge is 0.387 e. The number of nitrogens with one attached hydrogen (secondary N) is 2. The number of guanidine groups is 1. The lowest BCUT2D eigenvalue weighted by Crippen LogP contribution is -2.48. The summed E-state index contributed by atoms with van der Waals surface area (Å²) in [6.45, 7) is 9.66. The summed E-state index contributed by atoms with van der Waals surface area (Å²) in [4.78, 5) is 6.89. The highest BCUT2D eigenvalue weighted by Crippen LogP contribution is 2.47. The van der Waals surface area contributed by atoms with E-state index in [2.05, 4.69) is 39.6 Å². The van der Waals surface area contributed by atoms with E-state index in [0.29, 0.717) is 13.1 Å². The van der Waals surface area contributed by atoms with Crippen LogP contribution in [-0.2, 0) is 10.2 Å². The SMILES string of the molecule is CCNC(=NCC(C)(O)CN1CCOCC1)NCC1(c2ccc(Cl)cc2)CC1. The zero-order valence-electron chi connectivity index (χ0n) is 17.0. The van der Waals surface area contributed by atoms with Gasteiger partial charge in [-0.15, -0.1) is 0 Å². The lowest BCUT2D eigenvalue weighted by molar-refractivity contribution is -0.0179. The fourth-order valence-electron chi connectivity index (χ4n) is 3.66. The average molecular weight is 409 g/mol. The van der Waals surface area contributed by atoms with Crippen LogP contribution in [0.5, 0.6) is 0 Å². The minimum atomic E-state index is -0.868. The van der Waals surface area contributed by atoms with E-state index < -0.39 is 5.60 Å². The topological polar surface area (TPSA) is 69.1 Å². The Balaban J connectivity index is 1.55. The van der Waals surface area contributed by atoms with Crippen LogP contribution in [0.1, 0.15) is 32.3 Å². The van der Waals surface area contributed by atoms with E-state index in [1.807, 2.05) is 19.1 Å². The number of benzene rings is 1. The standard InChI is InChI=1S/C21H33ClN4O2/c1-3-23-19(24-14-20(2,27)16-26-10-12-28-13-11-26)25-15-21(8-9-21)17-4-6-18(22)7-5-17/h4-7,27H,3,8-16H2,1-2H3,(H2,23,24,25). The van der Waals surface area contributed by atoms with Crippen molar-refractivity contribution in [3.8, 4) is 0 Å². The Bertz CT molecular complexity index is 653. The summed E-state index contributed by atoms with van der Waals surface area (Å²) < 4.78 is 5.38. The Morgan fingerprint density at radius 2 is 1.93 bits per heavy atom. The second-order valence-electron chi connectivity index (χ2n) is 8.22. The second-order valence-corrected chi connectivity index (χ2v) is 8.66. The molecule has 0 radical (unpaired) electrons. The first-order valence-corrected chi connectivity index (χ1v) is 10.6. The van der Waals surface area contributed by atoms with Gasteiger partial charge in [0.15, 0.2) is 5.96 Å². The average Bonchev–Trinajstić information content (AvgIpc) is 3.46. The molecule has 7 heteroatoms. The van der Waals surface area contributed by atoms with Crippen LogP contribution >= 0.6 is 11.6 Å². The van der Waals surface area contributed by atoms with E-state index in [4.69, 9.17) is 16.3 Å². The molecule has 1 aliphatic heterocycles. The second kappa shape index (κ2) is 9.44. The molecule has 2 aliphatic rings. The van der Waals surface area contributed by atoms with Gasteiger partial charge in [0.05, 0.1) is 25.4 Å². The lowest BCUT2D eigenvalue weighted by atomic mass is 9.96. The first-order valence-electron chi connectivity index (χ1n) is 10.2. The predicted molar refractivity (Wildman–Crippen MR) is 114 cm³/mol. The molecule has 0 bridgehead atoms. The van der Waals surface area contributed by atoms with Crippen molar-refractivity contribution in [3.05, 3.63) is 34.9 Å². The summed E-state index contributed by atoms with van der Waals surface area (Å²) in [7, 11) is 0. The van der Waals surface area contributed by atoms with Crippen LogP contribution in [0.25, 0.3) is 0 Å². The fraction of sp³-hybridized carbons (Fsp3) is 0.667. The molecule has 6 nitrogen and oxygen atoms in total. The summed E-state index contributed by atoms with van der Waals surface area (Å²) in [5.74, 6) is 0.755. The van der Waals surface area contributed by atoms with Crippen molar-refractivity contribution in [3.63, 3.8) is 0 Å². The molecule has 1 unspecified atom stereocenters. The van der Waals surface area contributed by atoms with E-state index in [-0.39, 0.29) is 5.41 Å². The highest BCUT2D eigenvalue weighted by Gasteiger charge is 2.44. The highest BCUT2D eigenvalue weighted by atomic mass is 35.5.